The second-order valence-electron chi connectivity index (χ2n) is 4.73. The number of benzene rings is 1. The minimum atomic E-state index is -0.391. The Kier molecular flexibility index (Phi) is 2.83. The Hall–Kier alpha value is -2.14. The maximum absolute atomic E-state index is 11.9. The molecule has 19 heavy (non-hydrogen) atoms. The van der Waals surface area contributed by atoms with Gasteiger partial charge in [-0.2, -0.15) is 0 Å². The number of hydrogen-bond acceptors (Lipinski definition) is 4. The Morgan fingerprint density at radius 1 is 1.26 bits per heavy atom. The molecule has 1 aromatic carbocycles. The second-order valence-corrected chi connectivity index (χ2v) is 4.73. The highest BCUT2D eigenvalue weighted by atomic mass is 16.4. The molecule has 5 heteroatoms. The number of anilines is 1. The van der Waals surface area contributed by atoms with Crippen LogP contribution in [-0.2, 0) is 4.79 Å². The van der Waals surface area contributed by atoms with Gasteiger partial charge >= 0.3 is 5.63 Å². The number of nitrogens with zero attached hydrogens (tertiary/aromatic N) is 1. The van der Waals surface area contributed by atoms with Gasteiger partial charge in [0.15, 0.2) is 0 Å². The summed E-state index contributed by atoms with van der Waals surface area (Å²) in [6.45, 7) is 0.544. The van der Waals surface area contributed by atoms with E-state index in [0.717, 1.165) is 11.1 Å². The molecule has 0 bridgehead atoms. The Balaban J connectivity index is 2.00. The van der Waals surface area contributed by atoms with E-state index in [-0.39, 0.29) is 18.4 Å². The van der Waals surface area contributed by atoms with Crippen molar-refractivity contribution in [2.24, 2.45) is 5.92 Å². The van der Waals surface area contributed by atoms with Crippen molar-refractivity contribution in [2.45, 2.75) is 6.42 Å². The Morgan fingerprint density at radius 2 is 2.11 bits per heavy atom. The second kappa shape index (κ2) is 4.51. The van der Waals surface area contributed by atoms with E-state index in [1.807, 2.05) is 6.07 Å². The standard InChI is InChI=1S/C14H13NO4/c16-8-9-5-13(17)15(7-9)11-2-3-12-10(6-11)1-4-14(18)19-12/h1-4,6,9,16H,5,7-8H2. The molecule has 2 aromatic rings. The molecule has 0 spiro atoms. The van der Waals surface area contributed by atoms with Crippen LogP contribution in [-0.4, -0.2) is 24.2 Å². The van der Waals surface area contributed by atoms with E-state index in [1.54, 1.807) is 23.1 Å². The first-order chi connectivity index (χ1) is 9.17. The summed E-state index contributed by atoms with van der Waals surface area (Å²) >= 11 is 0. The van der Waals surface area contributed by atoms with Crippen LogP contribution >= 0.6 is 0 Å². The third-order valence-electron chi connectivity index (χ3n) is 3.38. The Morgan fingerprint density at radius 3 is 2.84 bits per heavy atom. The molecule has 0 saturated carbocycles. The highest BCUT2D eigenvalue weighted by Crippen LogP contribution is 2.27. The first-order valence-corrected chi connectivity index (χ1v) is 6.12. The van der Waals surface area contributed by atoms with E-state index >= 15 is 0 Å². The zero-order valence-electron chi connectivity index (χ0n) is 10.2. The van der Waals surface area contributed by atoms with Gasteiger partial charge < -0.3 is 14.4 Å². The molecule has 5 nitrogen and oxygen atoms in total. The molecular weight excluding hydrogens is 246 g/mol. The van der Waals surface area contributed by atoms with Crippen LogP contribution in [0.5, 0.6) is 0 Å². The van der Waals surface area contributed by atoms with Crippen LogP contribution in [0.15, 0.2) is 39.5 Å². The monoisotopic (exact) mass is 259 g/mol. The normalized spacial score (nSPS) is 19.3. The Labute approximate surface area is 109 Å². The van der Waals surface area contributed by atoms with Crippen LogP contribution < -0.4 is 10.5 Å². The van der Waals surface area contributed by atoms with Crippen LogP contribution in [0, 0.1) is 5.92 Å². The van der Waals surface area contributed by atoms with Crippen molar-refractivity contribution in [3.8, 4) is 0 Å². The van der Waals surface area contributed by atoms with Gasteiger partial charge in [0, 0.05) is 42.6 Å². The Bertz CT molecular complexity index is 691. The minimum Gasteiger partial charge on any atom is -0.423 e. The van der Waals surface area contributed by atoms with Gasteiger partial charge in [0.25, 0.3) is 0 Å². The third kappa shape index (κ3) is 2.13. The summed E-state index contributed by atoms with van der Waals surface area (Å²) in [4.78, 5) is 24.6. The molecule has 1 aliphatic rings. The number of hydrogen-bond donors (Lipinski definition) is 1. The van der Waals surface area contributed by atoms with Crippen molar-refractivity contribution in [1.82, 2.24) is 0 Å². The summed E-state index contributed by atoms with van der Waals surface area (Å²) in [5.41, 5.74) is 0.877. The molecule has 0 aliphatic carbocycles. The average Bonchev–Trinajstić information content (AvgIpc) is 2.79. The largest absolute Gasteiger partial charge is 0.423 e. The fourth-order valence-corrected chi connectivity index (χ4v) is 2.38. The third-order valence-corrected chi connectivity index (χ3v) is 3.38. The van der Waals surface area contributed by atoms with Crippen molar-refractivity contribution < 1.29 is 14.3 Å². The predicted octanol–water partition coefficient (Wildman–Crippen LogP) is 1.14. The number of fused-ring (bicyclic) bond motifs is 1. The lowest BCUT2D eigenvalue weighted by Crippen LogP contribution is -2.24. The summed E-state index contributed by atoms with van der Waals surface area (Å²) < 4.78 is 5.05. The van der Waals surface area contributed by atoms with Crippen molar-refractivity contribution in [3.63, 3.8) is 0 Å². The first kappa shape index (κ1) is 11.9. The lowest BCUT2D eigenvalue weighted by molar-refractivity contribution is -0.117. The van der Waals surface area contributed by atoms with E-state index in [9.17, 15) is 9.59 Å². The number of aliphatic hydroxyl groups is 1. The van der Waals surface area contributed by atoms with E-state index in [1.165, 1.54) is 6.07 Å². The van der Waals surface area contributed by atoms with Crippen LogP contribution in [0.1, 0.15) is 6.42 Å². The van der Waals surface area contributed by atoms with Gasteiger partial charge in [0.2, 0.25) is 5.91 Å². The summed E-state index contributed by atoms with van der Waals surface area (Å²) in [5, 5.41) is 9.90. The predicted molar refractivity (Wildman–Crippen MR) is 70.0 cm³/mol. The fourth-order valence-electron chi connectivity index (χ4n) is 2.38. The van der Waals surface area contributed by atoms with Crippen molar-refractivity contribution in [1.29, 1.82) is 0 Å². The van der Waals surface area contributed by atoms with E-state index in [4.69, 9.17) is 9.52 Å². The van der Waals surface area contributed by atoms with Crippen molar-refractivity contribution in [2.75, 3.05) is 18.1 Å². The van der Waals surface area contributed by atoms with Gasteiger partial charge in [-0.3, -0.25) is 4.79 Å². The van der Waals surface area contributed by atoms with Gasteiger partial charge in [0.05, 0.1) is 0 Å². The van der Waals surface area contributed by atoms with E-state index < -0.39 is 5.63 Å². The molecule has 2 heterocycles. The number of carbonyl (C=O) groups is 1. The average molecular weight is 259 g/mol. The SMILES string of the molecule is O=C1CC(CO)CN1c1ccc2oc(=O)ccc2c1. The van der Waals surface area contributed by atoms with Gasteiger partial charge in [-0.15, -0.1) is 0 Å². The van der Waals surface area contributed by atoms with E-state index in [0.29, 0.717) is 18.5 Å². The van der Waals surface area contributed by atoms with Gasteiger partial charge in [-0.05, 0) is 24.3 Å². The van der Waals surface area contributed by atoms with Gasteiger partial charge in [0.1, 0.15) is 5.58 Å². The van der Waals surface area contributed by atoms with Crippen LogP contribution in [0.2, 0.25) is 0 Å². The van der Waals surface area contributed by atoms with Crippen molar-refractivity contribution >= 4 is 22.6 Å². The summed E-state index contributed by atoms with van der Waals surface area (Å²) in [7, 11) is 0. The fraction of sp³-hybridized carbons (Fsp3) is 0.286. The van der Waals surface area contributed by atoms with Crippen molar-refractivity contribution in [3.05, 3.63) is 40.8 Å². The first-order valence-electron chi connectivity index (χ1n) is 6.12. The summed E-state index contributed by atoms with van der Waals surface area (Å²) in [5.74, 6) is 0.00712. The van der Waals surface area contributed by atoms with E-state index in [2.05, 4.69) is 0 Å². The lowest BCUT2D eigenvalue weighted by Gasteiger charge is -2.16. The molecule has 1 atom stereocenters. The highest BCUT2D eigenvalue weighted by Gasteiger charge is 2.30. The molecule has 1 fully saturated rings. The molecule has 1 amide bonds. The molecule has 98 valence electrons. The highest BCUT2D eigenvalue weighted by molar-refractivity contribution is 5.97. The molecule has 1 saturated heterocycles. The van der Waals surface area contributed by atoms with Crippen LogP contribution in [0.3, 0.4) is 0 Å². The lowest BCUT2D eigenvalue weighted by atomic mass is 10.1. The molecule has 1 unspecified atom stereocenters. The quantitative estimate of drug-likeness (QED) is 0.821. The summed E-state index contributed by atoms with van der Waals surface area (Å²) in [6, 6.07) is 8.29. The van der Waals surface area contributed by atoms with Crippen LogP contribution in [0.25, 0.3) is 11.0 Å². The number of carbonyl (C=O) groups excluding carboxylic acids is 1. The topological polar surface area (TPSA) is 70.8 Å². The number of rotatable bonds is 2. The van der Waals surface area contributed by atoms with Gasteiger partial charge in [-0.25, -0.2) is 4.79 Å². The zero-order valence-corrected chi connectivity index (χ0v) is 10.2. The maximum atomic E-state index is 11.9. The molecule has 3 rings (SSSR count). The molecule has 1 aliphatic heterocycles. The maximum Gasteiger partial charge on any atom is 0.336 e. The smallest absolute Gasteiger partial charge is 0.336 e. The summed E-state index contributed by atoms with van der Waals surface area (Å²) in [6.07, 6.45) is 0.373. The zero-order chi connectivity index (χ0) is 13.4. The molecular formula is C14H13NO4. The number of aliphatic hydroxyl groups excluding tert-OH is 1. The molecule has 1 N–H and O–H groups in total. The number of amides is 1. The molecule has 0 radical (unpaired) electrons. The van der Waals surface area contributed by atoms with Gasteiger partial charge in [-0.1, -0.05) is 0 Å². The molecule has 1 aromatic heterocycles. The van der Waals surface area contributed by atoms with Crippen LogP contribution in [0.4, 0.5) is 5.69 Å². The minimum absolute atomic E-state index is 0.00287.